The summed E-state index contributed by atoms with van der Waals surface area (Å²) >= 11 is 5.95. The highest BCUT2D eigenvalue weighted by atomic mass is 35.5. The number of ether oxygens (including phenoxy) is 2. The quantitative estimate of drug-likeness (QED) is 0.311. The molecule has 2 aromatic carbocycles. The second-order valence-electron chi connectivity index (χ2n) is 7.80. The van der Waals surface area contributed by atoms with Gasteiger partial charge in [-0.3, -0.25) is 14.2 Å². The zero-order chi connectivity index (χ0) is 25.9. The molecular weight excluding hydrogens is 484 g/mol. The van der Waals surface area contributed by atoms with E-state index in [-0.39, 0.29) is 25.5 Å². The summed E-state index contributed by atoms with van der Waals surface area (Å²) in [7, 11) is 1.24. The molecular formula is C26H25ClN4O5. The molecule has 1 heterocycles. The van der Waals surface area contributed by atoms with Crippen molar-refractivity contribution in [2.24, 2.45) is 0 Å². The molecule has 0 saturated carbocycles. The molecule has 0 aliphatic heterocycles. The number of aromatic nitrogens is 2. The Hall–Kier alpha value is -4.16. The summed E-state index contributed by atoms with van der Waals surface area (Å²) in [4.78, 5) is 42.6. The SMILES string of the molecule is COC(=O)C(Cc1ccccc1)NC(=O)Cn1c(OCCCC#N)nc(-c2ccc(Cl)cc2)cc1=O. The molecule has 3 rings (SSSR count). The minimum absolute atomic E-state index is 0.0711. The van der Waals surface area contributed by atoms with E-state index in [4.69, 9.17) is 26.3 Å². The molecule has 1 atom stereocenters. The maximum atomic E-state index is 13.0. The lowest BCUT2D eigenvalue weighted by Gasteiger charge is -2.18. The molecule has 186 valence electrons. The van der Waals surface area contributed by atoms with Gasteiger partial charge in [0.15, 0.2) is 0 Å². The first-order valence-corrected chi connectivity index (χ1v) is 11.6. The van der Waals surface area contributed by atoms with Crippen LogP contribution in [0.1, 0.15) is 18.4 Å². The molecule has 1 aromatic heterocycles. The van der Waals surface area contributed by atoms with Gasteiger partial charge in [-0.05, 0) is 24.1 Å². The van der Waals surface area contributed by atoms with E-state index in [9.17, 15) is 14.4 Å². The Morgan fingerprint density at radius 3 is 2.56 bits per heavy atom. The Balaban J connectivity index is 1.84. The van der Waals surface area contributed by atoms with E-state index >= 15 is 0 Å². The van der Waals surface area contributed by atoms with Gasteiger partial charge >= 0.3 is 5.97 Å². The zero-order valence-electron chi connectivity index (χ0n) is 19.6. The zero-order valence-corrected chi connectivity index (χ0v) is 20.4. The van der Waals surface area contributed by atoms with Crippen molar-refractivity contribution in [3.8, 4) is 23.3 Å². The summed E-state index contributed by atoms with van der Waals surface area (Å²) in [5.74, 6) is -1.20. The number of rotatable bonds is 11. The fourth-order valence-corrected chi connectivity index (χ4v) is 3.52. The first kappa shape index (κ1) is 26.4. The van der Waals surface area contributed by atoms with E-state index in [2.05, 4.69) is 10.3 Å². The van der Waals surface area contributed by atoms with Gasteiger partial charge in [-0.15, -0.1) is 0 Å². The molecule has 0 aliphatic rings. The number of nitrogens with one attached hydrogen (secondary N) is 1. The topological polar surface area (TPSA) is 123 Å². The van der Waals surface area contributed by atoms with E-state index < -0.39 is 30.0 Å². The summed E-state index contributed by atoms with van der Waals surface area (Å²) in [6.45, 7) is -0.299. The van der Waals surface area contributed by atoms with Gasteiger partial charge < -0.3 is 14.8 Å². The molecule has 0 aliphatic carbocycles. The summed E-state index contributed by atoms with van der Waals surface area (Å²) in [5, 5.41) is 11.9. The van der Waals surface area contributed by atoms with Crippen molar-refractivity contribution in [2.75, 3.05) is 13.7 Å². The Labute approximate surface area is 213 Å². The van der Waals surface area contributed by atoms with Gasteiger partial charge in [0.1, 0.15) is 12.6 Å². The molecule has 1 N–H and O–H groups in total. The number of methoxy groups -OCH3 is 1. The number of nitriles is 1. The number of unbranched alkanes of at least 4 members (excludes halogenated alkanes) is 1. The van der Waals surface area contributed by atoms with Gasteiger partial charge in [0.25, 0.3) is 11.6 Å². The van der Waals surface area contributed by atoms with Gasteiger partial charge in [0.05, 0.1) is 25.5 Å². The fourth-order valence-electron chi connectivity index (χ4n) is 3.39. The molecule has 9 nitrogen and oxygen atoms in total. The number of hydrogen-bond acceptors (Lipinski definition) is 7. The average molecular weight is 509 g/mol. The van der Waals surface area contributed by atoms with Gasteiger partial charge in [0.2, 0.25) is 5.91 Å². The van der Waals surface area contributed by atoms with Crippen LogP contribution in [-0.2, 0) is 27.3 Å². The average Bonchev–Trinajstić information content (AvgIpc) is 2.88. The third kappa shape index (κ3) is 7.42. The molecule has 0 bridgehead atoms. The van der Waals surface area contributed by atoms with Crippen molar-refractivity contribution < 1.29 is 19.1 Å². The third-order valence-electron chi connectivity index (χ3n) is 5.18. The minimum atomic E-state index is -0.943. The Kier molecular flexibility index (Phi) is 9.60. The Morgan fingerprint density at radius 1 is 1.17 bits per heavy atom. The van der Waals surface area contributed by atoms with Crippen LogP contribution in [0.15, 0.2) is 65.5 Å². The van der Waals surface area contributed by atoms with Crippen LogP contribution < -0.4 is 15.6 Å². The number of halogens is 1. The fraction of sp³-hybridized carbons (Fsp3) is 0.269. The molecule has 0 fully saturated rings. The predicted octanol–water partition coefficient (Wildman–Crippen LogP) is 3.15. The van der Waals surface area contributed by atoms with E-state index in [1.165, 1.54) is 13.2 Å². The molecule has 0 spiro atoms. The van der Waals surface area contributed by atoms with E-state index in [1.807, 2.05) is 36.4 Å². The summed E-state index contributed by atoms with van der Waals surface area (Å²) in [6, 6.07) is 18.2. The van der Waals surface area contributed by atoms with Crippen LogP contribution in [0.2, 0.25) is 5.02 Å². The van der Waals surface area contributed by atoms with E-state index in [1.54, 1.807) is 24.3 Å². The van der Waals surface area contributed by atoms with Crippen LogP contribution in [0, 0.1) is 11.3 Å². The molecule has 3 aromatic rings. The number of hydrogen-bond donors (Lipinski definition) is 1. The van der Waals surface area contributed by atoms with Crippen molar-refractivity contribution in [1.82, 2.24) is 14.9 Å². The van der Waals surface area contributed by atoms with Gasteiger partial charge in [-0.25, -0.2) is 4.79 Å². The van der Waals surface area contributed by atoms with Crippen molar-refractivity contribution >= 4 is 23.5 Å². The first-order valence-electron chi connectivity index (χ1n) is 11.2. The van der Waals surface area contributed by atoms with Gasteiger partial charge in [-0.1, -0.05) is 54.1 Å². The maximum absolute atomic E-state index is 13.0. The van der Waals surface area contributed by atoms with Crippen molar-refractivity contribution in [1.29, 1.82) is 5.26 Å². The van der Waals surface area contributed by atoms with Gasteiger partial charge in [-0.2, -0.15) is 10.2 Å². The molecule has 1 amide bonds. The van der Waals surface area contributed by atoms with Crippen molar-refractivity contribution in [3.63, 3.8) is 0 Å². The molecule has 0 saturated heterocycles. The molecule has 36 heavy (non-hydrogen) atoms. The highest BCUT2D eigenvalue weighted by molar-refractivity contribution is 6.30. The molecule has 0 radical (unpaired) electrons. The van der Waals surface area contributed by atoms with Crippen molar-refractivity contribution in [3.05, 3.63) is 81.6 Å². The van der Waals surface area contributed by atoms with Crippen LogP contribution in [0.25, 0.3) is 11.3 Å². The number of amides is 1. The summed E-state index contributed by atoms with van der Waals surface area (Å²) in [6.07, 6.45) is 0.909. The monoisotopic (exact) mass is 508 g/mol. The van der Waals surface area contributed by atoms with Crippen molar-refractivity contribution in [2.45, 2.75) is 31.8 Å². The van der Waals surface area contributed by atoms with Crippen LogP contribution in [0.3, 0.4) is 0 Å². The van der Waals surface area contributed by atoms with E-state index in [0.717, 1.165) is 10.1 Å². The predicted molar refractivity (Wildman–Crippen MR) is 133 cm³/mol. The molecule has 10 heteroatoms. The minimum Gasteiger partial charge on any atom is -0.467 e. The van der Waals surface area contributed by atoms with Crippen LogP contribution >= 0.6 is 11.6 Å². The molecule has 1 unspecified atom stereocenters. The number of esters is 1. The number of nitrogens with zero attached hydrogens (tertiary/aromatic N) is 3. The number of carbonyl (C=O) groups is 2. The first-order chi connectivity index (χ1) is 17.4. The largest absolute Gasteiger partial charge is 0.467 e. The maximum Gasteiger partial charge on any atom is 0.328 e. The smallest absolute Gasteiger partial charge is 0.328 e. The third-order valence-corrected chi connectivity index (χ3v) is 5.43. The highest BCUT2D eigenvalue weighted by Gasteiger charge is 2.23. The second-order valence-corrected chi connectivity index (χ2v) is 8.23. The normalized spacial score (nSPS) is 11.2. The second kappa shape index (κ2) is 13.1. The lowest BCUT2D eigenvalue weighted by atomic mass is 10.1. The highest BCUT2D eigenvalue weighted by Crippen LogP contribution is 2.21. The van der Waals surface area contributed by atoms with Crippen LogP contribution in [0.4, 0.5) is 0 Å². The lowest BCUT2D eigenvalue weighted by molar-refractivity contribution is -0.145. The number of carbonyl (C=O) groups excluding carboxylic acids is 2. The number of benzene rings is 2. The van der Waals surface area contributed by atoms with E-state index in [0.29, 0.717) is 22.7 Å². The van der Waals surface area contributed by atoms with Crippen LogP contribution in [-0.4, -0.2) is 41.2 Å². The Morgan fingerprint density at radius 2 is 1.89 bits per heavy atom. The van der Waals surface area contributed by atoms with Gasteiger partial charge in [0, 0.05) is 29.5 Å². The Bertz CT molecular complexity index is 1290. The summed E-state index contributed by atoms with van der Waals surface area (Å²) < 4.78 is 11.6. The van der Waals surface area contributed by atoms with Crippen LogP contribution in [0.5, 0.6) is 6.01 Å². The standard InChI is InChI=1S/C26H25ClN4O5/c1-35-25(34)22(15-18-7-3-2-4-8-18)29-23(32)17-31-24(33)16-21(19-9-11-20(27)12-10-19)30-26(31)36-14-6-5-13-28/h2-4,7-12,16,22H,5-6,14-15,17H2,1H3,(H,29,32). The lowest BCUT2D eigenvalue weighted by Crippen LogP contribution is -2.45. The summed E-state index contributed by atoms with van der Waals surface area (Å²) in [5.41, 5.74) is 1.31.